The fourth-order valence-corrected chi connectivity index (χ4v) is 3.68. The highest BCUT2D eigenvalue weighted by molar-refractivity contribution is 6.33. The third-order valence-corrected chi connectivity index (χ3v) is 5.27. The molecule has 0 aromatic heterocycles. The van der Waals surface area contributed by atoms with Gasteiger partial charge in [-0.3, -0.25) is 9.69 Å². The highest BCUT2D eigenvalue weighted by Crippen LogP contribution is 2.34. The van der Waals surface area contributed by atoms with Crippen LogP contribution in [-0.4, -0.2) is 30.3 Å². The summed E-state index contributed by atoms with van der Waals surface area (Å²) in [6.45, 7) is 0. The highest BCUT2D eigenvalue weighted by atomic mass is 35.5. The van der Waals surface area contributed by atoms with Gasteiger partial charge in [-0.15, -0.1) is 0 Å². The van der Waals surface area contributed by atoms with Crippen LogP contribution in [0.5, 0.6) is 0 Å². The Bertz CT molecular complexity index is 506. The van der Waals surface area contributed by atoms with Gasteiger partial charge in [0.25, 0.3) is 0 Å². The smallest absolute Gasteiger partial charge is 0.157 e. The predicted molar refractivity (Wildman–Crippen MR) is 89.3 cm³/mol. The second-order valence-corrected chi connectivity index (χ2v) is 7.02. The summed E-state index contributed by atoms with van der Waals surface area (Å²) in [5, 5.41) is 1.25. The molecule has 1 aromatic carbocycles. The molecule has 4 heteroatoms. The van der Waals surface area contributed by atoms with Crippen molar-refractivity contribution in [1.29, 1.82) is 0 Å². The van der Waals surface area contributed by atoms with Crippen LogP contribution in [-0.2, 0) is 11.2 Å². The minimum Gasteiger partial charge on any atom is -0.297 e. The molecular weight excluding hydrogens is 305 g/mol. The fraction of sp³-hybridized carbons (Fsp3) is 0.588. The largest absolute Gasteiger partial charge is 0.297 e. The van der Waals surface area contributed by atoms with Crippen LogP contribution in [0.25, 0.3) is 0 Å². The molecule has 0 aliphatic heterocycles. The summed E-state index contributed by atoms with van der Waals surface area (Å²) in [6, 6.07) is 5.33. The molecule has 0 N–H and O–H groups in total. The third-order valence-electron chi connectivity index (χ3n) is 4.66. The molecule has 116 valence electrons. The first-order valence-electron chi connectivity index (χ1n) is 7.60. The molecule has 1 fully saturated rings. The summed E-state index contributed by atoms with van der Waals surface area (Å²) in [7, 11) is 4.03. The van der Waals surface area contributed by atoms with E-state index in [-0.39, 0.29) is 11.3 Å². The van der Waals surface area contributed by atoms with Crippen molar-refractivity contribution in [2.45, 2.75) is 50.5 Å². The molecule has 21 heavy (non-hydrogen) atoms. The Labute approximate surface area is 137 Å². The second kappa shape index (κ2) is 7.13. The van der Waals surface area contributed by atoms with Crippen LogP contribution in [0.4, 0.5) is 0 Å². The van der Waals surface area contributed by atoms with Gasteiger partial charge >= 0.3 is 0 Å². The number of carbonyl (C=O) groups excluding carboxylic acids is 1. The van der Waals surface area contributed by atoms with Gasteiger partial charge in [-0.1, -0.05) is 48.9 Å². The summed E-state index contributed by atoms with van der Waals surface area (Å²) in [5.74, 6) is 0.263. The molecule has 0 radical (unpaired) electrons. The lowest BCUT2D eigenvalue weighted by Crippen LogP contribution is -2.51. The lowest BCUT2D eigenvalue weighted by atomic mass is 9.82. The van der Waals surface area contributed by atoms with E-state index in [0.717, 1.165) is 31.2 Å². The number of rotatable bonds is 4. The molecule has 0 unspecified atom stereocenters. The monoisotopic (exact) mass is 327 g/mol. The zero-order valence-electron chi connectivity index (χ0n) is 12.8. The fourth-order valence-electron chi connectivity index (χ4n) is 3.31. The van der Waals surface area contributed by atoms with Gasteiger partial charge in [0.05, 0.1) is 5.54 Å². The number of Topliss-reactive ketones (excluding diaryl/α,β-unsaturated/α-hetero) is 1. The van der Waals surface area contributed by atoms with Gasteiger partial charge in [0.2, 0.25) is 0 Å². The van der Waals surface area contributed by atoms with Crippen LogP contribution in [0.2, 0.25) is 10.0 Å². The molecule has 0 bridgehead atoms. The molecular formula is C17H23Cl2NO. The van der Waals surface area contributed by atoms with Crippen LogP contribution in [0, 0.1) is 0 Å². The van der Waals surface area contributed by atoms with Crippen LogP contribution in [0.1, 0.15) is 44.1 Å². The van der Waals surface area contributed by atoms with Crippen LogP contribution < -0.4 is 0 Å². The van der Waals surface area contributed by atoms with Gasteiger partial charge in [-0.25, -0.2) is 0 Å². The summed E-state index contributed by atoms with van der Waals surface area (Å²) < 4.78 is 0. The molecule has 1 aliphatic rings. The Morgan fingerprint density at radius 3 is 2.33 bits per heavy atom. The number of ketones is 1. The first kappa shape index (κ1) is 16.8. The first-order valence-corrected chi connectivity index (χ1v) is 8.36. The minimum atomic E-state index is -0.345. The molecule has 0 amide bonds. The Morgan fingerprint density at radius 1 is 1.14 bits per heavy atom. The molecule has 0 atom stereocenters. The number of nitrogens with zero attached hydrogens (tertiary/aromatic N) is 1. The van der Waals surface area contributed by atoms with Crippen molar-refractivity contribution >= 4 is 29.0 Å². The third kappa shape index (κ3) is 3.80. The van der Waals surface area contributed by atoms with Crippen molar-refractivity contribution in [2.24, 2.45) is 0 Å². The van der Waals surface area contributed by atoms with E-state index in [1.807, 2.05) is 20.2 Å². The van der Waals surface area contributed by atoms with Gasteiger partial charge in [-0.05, 0) is 50.7 Å². The summed E-state index contributed by atoms with van der Waals surface area (Å²) >= 11 is 12.2. The number of carbonyl (C=O) groups is 1. The average Bonchev–Trinajstić information content (AvgIpc) is 2.69. The second-order valence-electron chi connectivity index (χ2n) is 6.18. The minimum absolute atomic E-state index is 0.263. The normalized spacial score (nSPS) is 18.5. The van der Waals surface area contributed by atoms with E-state index >= 15 is 0 Å². The van der Waals surface area contributed by atoms with E-state index < -0.39 is 0 Å². The van der Waals surface area contributed by atoms with Crippen molar-refractivity contribution in [3.63, 3.8) is 0 Å². The summed E-state index contributed by atoms with van der Waals surface area (Å²) in [6.07, 6.45) is 6.92. The molecule has 2 nitrogen and oxygen atoms in total. The van der Waals surface area contributed by atoms with Crippen molar-refractivity contribution in [3.8, 4) is 0 Å². The molecule has 2 rings (SSSR count). The quantitative estimate of drug-likeness (QED) is 0.743. The van der Waals surface area contributed by atoms with E-state index in [2.05, 4.69) is 4.90 Å². The number of hydrogen-bond acceptors (Lipinski definition) is 2. The van der Waals surface area contributed by atoms with Crippen molar-refractivity contribution in [1.82, 2.24) is 4.90 Å². The van der Waals surface area contributed by atoms with Gasteiger partial charge in [0.15, 0.2) is 5.78 Å². The van der Waals surface area contributed by atoms with Crippen molar-refractivity contribution < 1.29 is 4.79 Å². The van der Waals surface area contributed by atoms with Crippen LogP contribution in [0.15, 0.2) is 18.2 Å². The summed E-state index contributed by atoms with van der Waals surface area (Å²) in [4.78, 5) is 15.1. The molecule has 0 saturated heterocycles. The highest BCUT2D eigenvalue weighted by Gasteiger charge is 2.40. The Hall–Kier alpha value is -0.570. The molecule has 1 saturated carbocycles. The van der Waals surface area contributed by atoms with Crippen LogP contribution >= 0.6 is 23.2 Å². The maximum absolute atomic E-state index is 13.0. The Morgan fingerprint density at radius 2 is 1.76 bits per heavy atom. The average molecular weight is 328 g/mol. The lowest BCUT2D eigenvalue weighted by Gasteiger charge is -2.38. The topological polar surface area (TPSA) is 20.3 Å². The maximum atomic E-state index is 13.0. The van der Waals surface area contributed by atoms with Crippen molar-refractivity contribution in [2.75, 3.05) is 14.1 Å². The molecule has 1 aromatic rings. The van der Waals surface area contributed by atoms with E-state index in [1.54, 1.807) is 12.1 Å². The summed E-state index contributed by atoms with van der Waals surface area (Å²) in [5.41, 5.74) is 0.488. The van der Waals surface area contributed by atoms with E-state index in [1.165, 1.54) is 12.8 Å². The van der Waals surface area contributed by atoms with Gasteiger partial charge < -0.3 is 0 Å². The van der Waals surface area contributed by atoms with Gasteiger partial charge in [-0.2, -0.15) is 0 Å². The Balaban J connectivity index is 2.24. The molecule has 0 heterocycles. The standard InChI is InChI=1S/C17H23Cl2NO/c1-20(2)17(9-5-3-4-6-10-17)16(21)12-13-11-14(18)7-8-15(13)19/h7-8,11H,3-6,9-10,12H2,1-2H3. The van der Waals surface area contributed by atoms with E-state index in [0.29, 0.717) is 16.5 Å². The van der Waals surface area contributed by atoms with Crippen molar-refractivity contribution in [3.05, 3.63) is 33.8 Å². The first-order chi connectivity index (χ1) is 9.95. The number of hydrogen-bond donors (Lipinski definition) is 0. The van der Waals surface area contributed by atoms with Gasteiger partial charge in [0, 0.05) is 16.5 Å². The lowest BCUT2D eigenvalue weighted by molar-refractivity contribution is -0.130. The zero-order valence-corrected chi connectivity index (χ0v) is 14.3. The SMILES string of the molecule is CN(C)C1(C(=O)Cc2cc(Cl)ccc2Cl)CCCCCC1. The van der Waals surface area contributed by atoms with E-state index in [9.17, 15) is 4.79 Å². The Kier molecular flexibility index (Phi) is 5.70. The number of likely N-dealkylation sites (N-methyl/N-ethyl adjacent to an activating group) is 1. The zero-order chi connectivity index (χ0) is 15.5. The molecule has 0 spiro atoms. The predicted octanol–water partition coefficient (Wildman–Crippen LogP) is 4.76. The molecule has 1 aliphatic carbocycles. The van der Waals surface area contributed by atoms with Crippen LogP contribution in [0.3, 0.4) is 0 Å². The maximum Gasteiger partial charge on any atom is 0.157 e. The van der Waals surface area contributed by atoms with E-state index in [4.69, 9.17) is 23.2 Å². The number of halogens is 2. The number of benzene rings is 1. The van der Waals surface area contributed by atoms with Gasteiger partial charge in [0.1, 0.15) is 0 Å².